The van der Waals surface area contributed by atoms with Gasteiger partial charge in [0.15, 0.2) is 5.78 Å². The van der Waals surface area contributed by atoms with Gasteiger partial charge >= 0.3 is 0 Å². The van der Waals surface area contributed by atoms with Gasteiger partial charge in [-0.1, -0.05) is 95.2 Å². The highest BCUT2D eigenvalue weighted by molar-refractivity contribution is 6.12. The van der Waals surface area contributed by atoms with Crippen molar-refractivity contribution < 1.29 is 9.90 Å². The van der Waals surface area contributed by atoms with E-state index >= 15 is 0 Å². The molecule has 0 fully saturated rings. The van der Waals surface area contributed by atoms with E-state index in [0.717, 1.165) is 39.8 Å². The summed E-state index contributed by atoms with van der Waals surface area (Å²) < 4.78 is 0. The lowest BCUT2D eigenvalue weighted by Crippen LogP contribution is -2.28. The van der Waals surface area contributed by atoms with Crippen molar-refractivity contribution in [2.24, 2.45) is 10.8 Å². The predicted molar refractivity (Wildman–Crippen MR) is 159 cm³/mol. The standard InChI is InChI=1S/C35H48O2/c1-21-15-14-16-24(22-17-25(32(2,3)4)30(36)26(18-22)33(5,6)7)29(21)23-19-27(34(8,9)10)31(37)28(20-23)35(11,12)13/h14-15,17-20,37H,16H2,1-13H3. The van der Waals surface area contributed by atoms with Crippen LogP contribution in [0, 0.1) is 10.8 Å². The number of hydrogen-bond acceptors (Lipinski definition) is 2. The molecule has 0 saturated carbocycles. The van der Waals surface area contributed by atoms with Gasteiger partial charge in [-0.05, 0) is 87.1 Å². The molecule has 2 heteroatoms. The Kier molecular flexibility index (Phi) is 7.27. The molecule has 0 heterocycles. The van der Waals surface area contributed by atoms with Crippen LogP contribution in [0.2, 0.25) is 0 Å². The van der Waals surface area contributed by atoms with Crippen LogP contribution in [0.15, 0.2) is 64.3 Å². The van der Waals surface area contributed by atoms with Crippen molar-refractivity contribution >= 4 is 11.4 Å². The highest BCUT2D eigenvalue weighted by Crippen LogP contribution is 2.46. The molecule has 1 aromatic rings. The maximum atomic E-state index is 13.6. The second-order valence-corrected chi connectivity index (χ2v) is 15.0. The Balaban J connectivity index is 2.43. The Morgan fingerprint density at radius 3 is 1.51 bits per heavy atom. The molecule has 2 aliphatic carbocycles. The van der Waals surface area contributed by atoms with Gasteiger partial charge < -0.3 is 5.11 Å². The third-order valence-corrected chi connectivity index (χ3v) is 7.45. The molecule has 0 radical (unpaired) electrons. The second kappa shape index (κ2) is 9.29. The van der Waals surface area contributed by atoms with Crippen molar-refractivity contribution in [1.82, 2.24) is 0 Å². The highest BCUT2D eigenvalue weighted by atomic mass is 16.3. The van der Waals surface area contributed by atoms with Crippen LogP contribution in [-0.2, 0) is 15.6 Å². The van der Waals surface area contributed by atoms with Crippen LogP contribution in [0.25, 0.3) is 5.57 Å². The maximum absolute atomic E-state index is 13.6. The molecule has 1 N–H and O–H groups in total. The molecule has 3 rings (SSSR count). The van der Waals surface area contributed by atoms with Gasteiger partial charge in [-0.3, -0.25) is 4.79 Å². The molecule has 0 unspecified atom stereocenters. The van der Waals surface area contributed by atoms with Gasteiger partial charge in [-0.25, -0.2) is 0 Å². The van der Waals surface area contributed by atoms with Gasteiger partial charge in [0.05, 0.1) is 0 Å². The van der Waals surface area contributed by atoms with E-state index in [-0.39, 0.29) is 27.4 Å². The van der Waals surface area contributed by atoms with E-state index in [1.807, 2.05) is 0 Å². The summed E-state index contributed by atoms with van der Waals surface area (Å²) >= 11 is 0. The summed E-state index contributed by atoms with van der Waals surface area (Å²) in [4.78, 5) is 13.6. The van der Waals surface area contributed by atoms with Crippen molar-refractivity contribution in [2.45, 2.75) is 107 Å². The quantitative estimate of drug-likeness (QED) is 0.417. The smallest absolute Gasteiger partial charge is 0.186 e. The van der Waals surface area contributed by atoms with Crippen molar-refractivity contribution in [3.63, 3.8) is 0 Å². The first kappa shape index (κ1) is 29.0. The fourth-order valence-electron chi connectivity index (χ4n) is 5.28. The van der Waals surface area contributed by atoms with E-state index in [1.54, 1.807) is 0 Å². The first-order valence-corrected chi connectivity index (χ1v) is 13.6. The number of phenolic OH excluding ortho intramolecular Hbond substituents is 1. The second-order valence-electron chi connectivity index (χ2n) is 15.0. The van der Waals surface area contributed by atoms with Gasteiger partial charge in [0.2, 0.25) is 0 Å². The molecule has 0 atom stereocenters. The Morgan fingerprint density at radius 1 is 0.703 bits per heavy atom. The van der Waals surface area contributed by atoms with Crippen molar-refractivity contribution in [3.05, 3.63) is 81.0 Å². The van der Waals surface area contributed by atoms with E-state index < -0.39 is 0 Å². The summed E-state index contributed by atoms with van der Waals surface area (Å²) in [5, 5.41) is 11.3. The predicted octanol–water partition coefficient (Wildman–Crippen LogP) is 9.54. The lowest BCUT2D eigenvalue weighted by molar-refractivity contribution is -0.114. The average Bonchev–Trinajstić information content (AvgIpc) is 2.70. The van der Waals surface area contributed by atoms with Crippen LogP contribution in [0.4, 0.5) is 0 Å². The lowest BCUT2D eigenvalue weighted by atomic mass is 9.70. The first-order chi connectivity index (χ1) is 16.6. The number of carbonyl (C=O) groups excluding carboxylic acids is 1. The monoisotopic (exact) mass is 500 g/mol. The SMILES string of the molecule is CC1=C(c2cc(C(C)(C)C)c(O)c(C(C)(C)C)c2)C(=C2C=C(C(C)(C)C)C(=O)C(C(C)(C)C)=C2)CC=C1. The molecule has 37 heavy (non-hydrogen) atoms. The highest BCUT2D eigenvalue weighted by Gasteiger charge is 2.35. The van der Waals surface area contributed by atoms with Gasteiger partial charge in [0.1, 0.15) is 5.75 Å². The zero-order valence-corrected chi connectivity index (χ0v) is 25.5. The van der Waals surface area contributed by atoms with Crippen molar-refractivity contribution in [3.8, 4) is 5.75 Å². The Hall–Kier alpha value is -2.61. The third-order valence-electron chi connectivity index (χ3n) is 7.45. The minimum atomic E-state index is -0.256. The third kappa shape index (κ3) is 5.79. The number of hydrogen-bond donors (Lipinski definition) is 1. The molecular weight excluding hydrogens is 452 g/mol. The van der Waals surface area contributed by atoms with E-state index in [4.69, 9.17) is 0 Å². The summed E-state index contributed by atoms with van der Waals surface area (Å²) in [6.07, 6.45) is 9.50. The van der Waals surface area contributed by atoms with Crippen LogP contribution in [0.1, 0.15) is 113 Å². The number of aromatic hydroxyl groups is 1. The minimum absolute atomic E-state index is 0.160. The molecule has 0 bridgehead atoms. The zero-order chi connectivity index (χ0) is 28.3. The van der Waals surface area contributed by atoms with Crippen LogP contribution in [0.3, 0.4) is 0 Å². The number of phenols is 1. The zero-order valence-electron chi connectivity index (χ0n) is 25.5. The molecule has 1 aromatic carbocycles. The van der Waals surface area contributed by atoms with Crippen LogP contribution in [0.5, 0.6) is 5.75 Å². The topological polar surface area (TPSA) is 37.3 Å². The number of ketones is 1. The molecule has 2 aliphatic rings. The van der Waals surface area contributed by atoms with Gasteiger partial charge in [-0.2, -0.15) is 0 Å². The molecular formula is C35H48O2. The van der Waals surface area contributed by atoms with Crippen LogP contribution >= 0.6 is 0 Å². The van der Waals surface area contributed by atoms with Crippen molar-refractivity contribution in [1.29, 1.82) is 0 Å². The van der Waals surface area contributed by atoms with Crippen molar-refractivity contribution in [2.75, 3.05) is 0 Å². The average molecular weight is 501 g/mol. The van der Waals surface area contributed by atoms with Gasteiger partial charge in [0, 0.05) is 22.3 Å². The number of rotatable bonds is 1. The molecule has 0 aromatic heterocycles. The normalized spacial score (nSPS) is 17.9. The fraction of sp³-hybridized carbons (Fsp3) is 0.514. The summed E-state index contributed by atoms with van der Waals surface area (Å²) in [6, 6.07) is 4.36. The Morgan fingerprint density at radius 2 is 1.14 bits per heavy atom. The van der Waals surface area contributed by atoms with Crippen LogP contribution < -0.4 is 0 Å². The summed E-state index contributed by atoms with van der Waals surface area (Å²) in [5.41, 5.74) is 8.63. The molecule has 0 spiro atoms. The molecule has 0 aliphatic heterocycles. The molecule has 200 valence electrons. The van der Waals surface area contributed by atoms with Crippen LogP contribution in [-0.4, -0.2) is 10.9 Å². The molecule has 2 nitrogen and oxygen atoms in total. The number of benzene rings is 1. The van der Waals surface area contributed by atoms with E-state index in [0.29, 0.717) is 5.75 Å². The Labute approximate surface area is 226 Å². The number of carbonyl (C=O) groups is 1. The fourth-order valence-corrected chi connectivity index (χ4v) is 5.28. The van der Waals surface area contributed by atoms with Gasteiger partial charge in [-0.15, -0.1) is 0 Å². The molecule has 0 saturated heterocycles. The largest absolute Gasteiger partial charge is 0.507 e. The number of Topliss-reactive ketones (excluding diaryl/α,β-unsaturated/α-hetero) is 1. The summed E-state index contributed by atoms with van der Waals surface area (Å²) in [7, 11) is 0. The molecule has 0 amide bonds. The van der Waals surface area contributed by atoms with E-state index in [2.05, 4.69) is 126 Å². The number of allylic oxidation sites excluding steroid dienone is 10. The minimum Gasteiger partial charge on any atom is -0.507 e. The van der Waals surface area contributed by atoms with Gasteiger partial charge in [0.25, 0.3) is 0 Å². The van der Waals surface area contributed by atoms with E-state index in [9.17, 15) is 9.90 Å². The first-order valence-electron chi connectivity index (χ1n) is 13.6. The summed E-state index contributed by atoms with van der Waals surface area (Å²) in [6.45, 7) is 27.8. The Bertz CT molecular complexity index is 1200. The lowest BCUT2D eigenvalue weighted by Gasteiger charge is -2.33. The van der Waals surface area contributed by atoms with E-state index in [1.165, 1.54) is 16.7 Å². The summed E-state index contributed by atoms with van der Waals surface area (Å²) in [5.74, 6) is 0.559. The maximum Gasteiger partial charge on any atom is 0.186 e.